The number of nitrogens with two attached hydrogens (primary N) is 3. The van der Waals surface area contributed by atoms with Crippen molar-refractivity contribution in [2.75, 3.05) is 13.2 Å². The average Bonchev–Trinajstić information content (AvgIpc) is 3.94. The number of nitrogens with one attached hydrogen (secondary N) is 7. The van der Waals surface area contributed by atoms with Crippen molar-refractivity contribution in [3.8, 4) is 0 Å². The number of amides is 9. The summed E-state index contributed by atoms with van der Waals surface area (Å²) in [6, 6.07) is -5.50. The Hall–Kier alpha value is -7.19. The van der Waals surface area contributed by atoms with Crippen LogP contribution >= 0.6 is 0 Å². The van der Waals surface area contributed by atoms with Gasteiger partial charge in [-0.05, 0) is 56.6 Å². The van der Waals surface area contributed by atoms with E-state index in [2.05, 4.69) is 31.6 Å². The predicted octanol–water partition coefficient (Wildman–Crippen LogP) is -4.55. The highest BCUT2D eigenvalue weighted by atomic mass is 16.4. The molecule has 2 heterocycles. The quantitative estimate of drug-likeness (QED) is 0.0382. The number of carboxylic acids is 2. The van der Waals surface area contributed by atoms with Crippen molar-refractivity contribution in [3.63, 3.8) is 0 Å². The summed E-state index contributed by atoms with van der Waals surface area (Å²) >= 11 is 0. The van der Waals surface area contributed by atoms with Crippen molar-refractivity contribution in [2.45, 2.75) is 133 Å². The number of aromatic amines is 1. The zero-order valence-corrected chi connectivity index (χ0v) is 38.4. The first-order valence-electron chi connectivity index (χ1n) is 22.2. The minimum Gasteiger partial charge on any atom is -0.481 e. The molecule has 0 spiro atoms. The van der Waals surface area contributed by atoms with Crippen LogP contribution in [0.5, 0.6) is 0 Å². The molecular formula is C43H63N11O15. The topological polar surface area (TPSA) is 438 Å². The minimum absolute atomic E-state index is 0.0205. The number of carbonyl (C=O) groups excluding carboxylic acids is 9. The van der Waals surface area contributed by atoms with Crippen molar-refractivity contribution in [1.29, 1.82) is 0 Å². The number of benzene rings is 1. The van der Waals surface area contributed by atoms with Crippen LogP contribution in [0.1, 0.15) is 77.7 Å². The molecule has 1 aromatic carbocycles. The second-order valence-electron chi connectivity index (χ2n) is 17.1. The Morgan fingerprint density at radius 2 is 1.28 bits per heavy atom. The van der Waals surface area contributed by atoms with Crippen LogP contribution in [0.4, 0.5) is 0 Å². The number of fused-ring (bicyclic) bond motifs is 1. The Bertz CT molecular complexity index is 2220. The highest BCUT2D eigenvalue weighted by molar-refractivity contribution is 5.99. The van der Waals surface area contributed by atoms with Crippen LogP contribution in [0.25, 0.3) is 10.9 Å². The van der Waals surface area contributed by atoms with Crippen LogP contribution in [0.2, 0.25) is 0 Å². The van der Waals surface area contributed by atoms with Gasteiger partial charge in [0.15, 0.2) is 0 Å². The number of aliphatic carboxylic acids is 2. The molecule has 0 unspecified atom stereocenters. The number of likely N-dealkylation sites (tertiary alicyclic amines) is 1. The zero-order valence-electron chi connectivity index (χ0n) is 38.4. The van der Waals surface area contributed by atoms with Gasteiger partial charge >= 0.3 is 11.9 Å². The fraction of sp³-hybridized carbons (Fsp3) is 0.558. The third kappa shape index (κ3) is 17.1. The number of nitrogens with zero attached hydrogens (tertiary/aromatic N) is 1. The molecular weight excluding hydrogens is 911 g/mol. The summed E-state index contributed by atoms with van der Waals surface area (Å²) in [5.41, 5.74) is 17.7. The van der Waals surface area contributed by atoms with Crippen LogP contribution in [0.15, 0.2) is 30.5 Å². The number of aliphatic hydroxyl groups excluding tert-OH is 2. The number of hydrogen-bond donors (Lipinski definition) is 14. The molecule has 1 fully saturated rings. The molecule has 9 amide bonds. The van der Waals surface area contributed by atoms with Crippen LogP contribution in [0.3, 0.4) is 0 Å². The van der Waals surface area contributed by atoms with Gasteiger partial charge in [0, 0.05) is 42.9 Å². The zero-order chi connectivity index (χ0) is 51.7. The summed E-state index contributed by atoms with van der Waals surface area (Å²) in [6.45, 7) is 3.66. The van der Waals surface area contributed by atoms with Crippen LogP contribution in [-0.2, 0) is 59.2 Å². The molecule has 1 aromatic heterocycles. The van der Waals surface area contributed by atoms with Gasteiger partial charge in [-0.2, -0.15) is 0 Å². The molecule has 0 saturated carbocycles. The Labute approximate surface area is 395 Å². The third-order valence-electron chi connectivity index (χ3n) is 11.1. The van der Waals surface area contributed by atoms with E-state index in [1.54, 1.807) is 44.3 Å². The monoisotopic (exact) mass is 973 g/mol. The molecule has 17 N–H and O–H groups in total. The predicted molar refractivity (Wildman–Crippen MR) is 241 cm³/mol. The number of hydrogen-bond acceptors (Lipinski definition) is 14. The molecule has 1 aliphatic rings. The van der Waals surface area contributed by atoms with E-state index in [1.165, 1.54) is 6.92 Å². The number of rotatable bonds is 28. The van der Waals surface area contributed by atoms with Crippen LogP contribution in [0, 0.1) is 5.92 Å². The van der Waals surface area contributed by atoms with E-state index in [0.717, 1.165) is 4.90 Å². The maximum absolute atomic E-state index is 14.2. The van der Waals surface area contributed by atoms with E-state index in [9.17, 15) is 73.2 Å². The fourth-order valence-corrected chi connectivity index (χ4v) is 7.46. The van der Waals surface area contributed by atoms with Crippen LogP contribution in [-0.4, -0.2) is 163 Å². The van der Waals surface area contributed by atoms with Crippen molar-refractivity contribution >= 4 is 76.0 Å². The van der Waals surface area contributed by atoms with Gasteiger partial charge in [-0.3, -0.25) is 47.9 Å². The van der Waals surface area contributed by atoms with Crippen molar-refractivity contribution in [1.82, 2.24) is 41.8 Å². The lowest BCUT2D eigenvalue weighted by Crippen LogP contribution is -2.60. The van der Waals surface area contributed by atoms with Gasteiger partial charge in [-0.15, -0.1) is 0 Å². The molecule has 1 saturated heterocycles. The first-order valence-corrected chi connectivity index (χ1v) is 22.2. The third-order valence-corrected chi connectivity index (χ3v) is 11.1. The van der Waals surface area contributed by atoms with Gasteiger partial charge in [0.25, 0.3) is 0 Å². The van der Waals surface area contributed by atoms with E-state index in [4.69, 9.17) is 17.2 Å². The fourth-order valence-electron chi connectivity index (χ4n) is 7.46. The second kappa shape index (κ2) is 26.4. The maximum Gasteiger partial charge on any atom is 0.328 e. The van der Waals surface area contributed by atoms with Crippen molar-refractivity contribution < 1.29 is 73.2 Å². The molecule has 69 heavy (non-hydrogen) atoms. The number of primary amides is 2. The number of H-pyrrole nitrogens is 1. The molecule has 1 aliphatic heterocycles. The van der Waals surface area contributed by atoms with E-state index >= 15 is 0 Å². The summed E-state index contributed by atoms with van der Waals surface area (Å²) < 4.78 is 0. The number of carbonyl (C=O) groups is 11. The molecule has 0 bridgehead atoms. The van der Waals surface area contributed by atoms with Crippen molar-refractivity contribution in [3.05, 3.63) is 36.0 Å². The SMILES string of the molecule is CC(C)C[C@H](NC(=O)[C@@H](N)[C@@H](C)O)C(=O)N[C@@H](CC(N)=O)C(=O)N1CCC[C@H]1C(=O)N[C@@H](CCC(N)=O)C(=O)N[C@@H](Cc1c[nH]c2ccccc12)C(=O)N[C@@H](CCC(=O)O)C(=O)N[C@@H](CO)C(=O)O. The van der Waals surface area contributed by atoms with E-state index in [1.807, 2.05) is 5.32 Å². The Morgan fingerprint density at radius 3 is 1.86 bits per heavy atom. The summed E-state index contributed by atoms with van der Waals surface area (Å²) in [6.07, 6.45) is -2.57. The molecule has 2 aromatic rings. The molecule has 0 radical (unpaired) electrons. The molecule has 26 heteroatoms. The number of para-hydroxylation sites is 1. The summed E-state index contributed by atoms with van der Waals surface area (Å²) in [4.78, 5) is 147. The molecule has 26 nitrogen and oxygen atoms in total. The van der Waals surface area contributed by atoms with Gasteiger partial charge in [-0.25, -0.2) is 4.79 Å². The Morgan fingerprint density at radius 1 is 0.725 bits per heavy atom. The largest absolute Gasteiger partial charge is 0.481 e. The summed E-state index contributed by atoms with van der Waals surface area (Å²) in [7, 11) is 0. The smallest absolute Gasteiger partial charge is 0.328 e. The van der Waals surface area contributed by atoms with Gasteiger partial charge in [0.1, 0.15) is 48.3 Å². The van der Waals surface area contributed by atoms with E-state index in [-0.39, 0.29) is 38.1 Å². The molecule has 9 atom stereocenters. The van der Waals surface area contributed by atoms with Gasteiger partial charge < -0.3 is 79.4 Å². The maximum atomic E-state index is 14.2. The first-order chi connectivity index (χ1) is 32.4. The molecule has 0 aliphatic carbocycles. The standard InChI is InChI=1S/C43H63N11O15/c1-20(2)15-27(51-41(66)35(46)21(3)56)38(63)52-29(17-33(45)58)42(67)54-14-6-9-31(54)40(65)49-25(10-12-32(44)57)36(61)50-28(16-22-18-47-24-8-5-4-7-23(22)24)39(64)48-26(11-13-34(59)60)37(62)53-30(19-55)43(68)69/h4-5,7-8,18,20-21,25-31,35,47,55-56H,6,9-17,19,46H2,1-3H3,(H2,44,57)(H2,45,58)(H,48,64)(H,49,65)(H,50,61)(H,51,66)(H,52,63)(H,53,62)(H,59,60)(H,68,69)/t21-,25+,26+,27+,28+,29+,30+,31+,35+/m1/s1. The molecule has 380 valence electrons. The van der Waals surface area contributed by atoms with Gasteiger partial charge in [0.05, 0.1) is 19.1 Å². The normalized spacial score (nSPS) is 16.9. The van der Waals surface area contributed by atoms with Crippen LogP contribution < -0.4 is 49.1 Å². The highest BCUT2D eigenvalue weighted by Crippen LogP contribution is 2.22. The lowest BCUT2D eigenvalue weighted by molar-refractivity contribution is -0.144. The summed E-state index contributed by atoms with van der Waals surface area (Å²) in [5, 5.41) is 52.9. The lowest BCUT2D eigenvalue weighted by atomic mass is 10.0. The lowest BCUT2D eigenvalue weighted by Gasteiger charge is -2.31. The number of carboxylic acid groups (broad SMARTS) is 2. The number of aromatic nitrogens is 1. The average molecular weight is 974 g/mol. The molecule has 3 rings (SSSR count). The minimum atomic E-state index is -1.82. The van der Waals surface area contributed by atoms with E-state index < -0.39 is 158 Å². The Kier molecular flexibility index (Phi) is 21.5. The van der Waals surface area contributed by atoms with Gasteiger partial charge in [0.2, 0.25) is 53.2 Å². The Balaban J connectivity index is 1.94. The highest BCUT2D eigenvalue weighted by Gasteiger charge is 2.41. The number of aliphatic hydroxyl groups is 2. The van der Waals surface area contributed by atoms with Gasteiger partial charge in [-0.1, -0.05) is 32.0 Å². The first kappa shape index (κ1) is 56.1. The summed E-state index contributed by atoms with van der Waals surface area (Å²) in [5.74, 6) is -12.0. The van der Waals surface area contributed by atoms with Crippen molar-refractivity contribution in [2.24, 2.45) is 23.1 Å². The van der Waals surface area contributed by atoms with E-state index in [0.29, 0.717) is 16.5 Å². The second-order valence-corrected chi connectivity index (χ2v) is 17.1.